The Bertz CT molecular complexity index is 858. The van der Waals surface area contributed by atoms with Crippen LogP contribution in [-0.2, 0) is 13.2 Å². The summed E-state index contributed by atoms with van der Waals surface area (Å²) in [5.74, 6) is 1.43. The number of aromatic nitrogens is 3. The van der Waals surface area contributed by atoms with Gasteiger partial charge >= 0.3 is 0 Å². The van der Waals surface area contributed by atoms with Crippen LogP contribution in [0.15, 0.2) is 47.2 Å². The molecule has 8 heteroatoms. The fourth-order valence-electron chi connectivity index (χ4n) is 2.33. The minimum absolute atomic E-state index is 0.120. The van der Waals surface area contributed by atoms with Gasteiger partial charge in [0.1, 0.15) is 18.8 Å². The van der Waals surface area contributed by atoms with E-state index in [1.807, 2.05) is 19.1 Å². The second-order valence-corrected chi connectivity index (χ2v) is 6.25. The normalized spacial score (nSPS) is 10.6. The van der Waals surface area contributed by atoms with Crippen LogP contribution in [0.1, 0.15) is 18.1 Å². The predicted octanol–water partition coefficient (Wildman–Crippen LogP) is 4.30. The summed E-state index contributed by atoms with van der Waals surface area (Å²) >= 11 is 3.54. The monoisotopic (exact) mass is 420 g/mol. The largest absolute Gasteiger partial charge is 0.490 e. The number of rotatable bonds is 8. The molecule has 0 amide bonds. The van der Waals surface area contributed by atoms with Gasteiger partial charge in [-0.15, -0.1) is 0 Å². The van der Waals surface area contributed by atoms with E-state index in [0.29, 0.717) is 36.2 Å². The van der Waals surface area contributed by atoms with Crippen molar-refractivity contribution in [2.24, 2.45) is 0 Å². The summed E-state index contributed by atoms with van der Waals surface area (Å²) < 4.78 is 26.1. The highest BCUT2D eigenvalue weighted by atomic mass is 79.9. The molecule has 26 heavy (non-hydrogen) atoms. The van der Waals surface area contributed by atoms with Gasteiger partial charge in [0.25, 0.3) is 0 Å². The molecule has 1 heterocycles. The summed E-state index contributed by atoms with van der Waals surface area (Å²) in [5.41, 5.74) is 1.45. The molecule has 0 aliphatic carbocycles. The van der Waals surface area contributed by atoms with Crippen molar-refractivity contribution in [3.05, 3.63) is 64.1 Å². The number of halogens is 2. The van der Waals surface area contributed by atoms with E-state index in [1.54, 1.807) is 18.2 Å². The van der Waals surface area contributed by atoms with Crippen molar-refractivity contribution in [2.75, 3.05) is 11.9 Å². The zero-order valence-corrected chi connectivity index (χ0v) is 15.7. The van der Waals surface area contributed by atoms with Crippen molar-refractivity contribution in [1.82, 2.24) is 15.2 Å². The summed E-state index contributed by atoms with van der Waals surface area (Å²) in [7, 11) is 0. The van der Waals surface area contributed by atoms with Crippen LogP contribution in [-0.4, -0.2) is 21.8 Å². The number of hydrogen-bond donors (Lipinski definition) is 2. The summed E-state index contributed by atoms with van der Waals surface area (Å²) in [6, 6.07) is 10.2. The first-order valence-electron chi connectivity index (χ1n) is 8.08. The van der Waals surface area contributed by atoms with Crippen LogP contribution in [0, 0.1) is 5.82 Å². The third-order valence-corrected chi connectivity index (χ3v) is 4.35. The van der Waals surface area contributed by atoms with Crippen LogP contribution in [0.3, 0.4) is 0 Å². The van der Waals surface area contributed by atoms with Gasteiger partial charge in [-0.2, -0.15) is 5.10 Å². The Labute approximate surface area is 158 Å². The molecule has 0 fully saturated rings. The molecule has 3 aromatic rings. The Morgan fingerprint density at radius 3 is 2.69 bits per heavy atom. The topological polar surface area (TPSA) is 72.1 Å². The quantitative estimate of drug-likeness (QED) is 0.568. The highest BCUT2D eigenvalue weighted by molar-refractivity contribution is 9.10. The Morgan fingerprint density at radius 1 is 1.15 bits per heavy atom. The molecule has 0 atom stereocenters. The summed E-state index contributed by atoms with van der Waals surface area (Å²) in [4.78, 5) is 4.02. The van der Waals surface area contributed by atoms with Gasteiger partial charge in [-0.3, -0.25) is 0 Å². The van der Waals surface area contributed by atoms with Gasteiger partial charge in [0.05, 0.1) is 6.61 Å². The van der Waals surface area contributed by atoms with Gasteiger partial charge in [0.15, 0.2) is 11.5 Å². The lowest BCUT2D eigenvalue weighted by Crippen LogP contribution is -2.05. The van der Waals surface area contributed by atoms with E-state index >= 15 is 0 Å². The first kappa shape index (κ1) is 18.2. The number of hydrogen-bond acceptors (Lipinski definition) is 5. The zero-order chi connectivity index (χ0) is 18.4. The number of nitrogens with one attached hydrogen (secondary N) is 2. The molecule has 0 bridgehead atoms. The molecule has 0 aliphatic heterocycles. The number of anilines is 1. The SMILES string of the molecule is CCOc1cc(CNc2ncn[nH]2)c(Br)cc1OCc1ccccc1F. The smallest absolute Gasteiger partial charge is 0.218 e. The minimum atomic E-state index is -0.294. The maximum atomic E-state index is 13.8. The van der Waals surface area contributed by atoms with Crippen LogP contribution in [0.2, 0.25) is 0 Å². The lowest BCUT2D eigenvalue weighted by molar-refractivity contribution is 0.265. The summed E-state index contributed by atoms with van der Waals surface area (Å²) in [6.45, 7) is 3.03. The molecule has 0 saturated carbocycles. The molecule has 0 aliphatic rings. The number of aromatic amines is 1. The Balaban J connectivity index is 1.76. The third-order valence-electron chi connectivity index (χ3n) is 3.61. The molecular formula is C18H18BrFN4O2. The molecule has 2 aromatic carbocycles. The van der Waals surface area contributed by atoms with Crippen molar-refractivity contribution < 1.29 is 13.9 Å². The summed E-state index contributed by atoms with van der Waals surface area (Å²) in [5, 5.41) is 9.67. The van der Waals surface area contributed by atoms with Crippen LogP contribution < -0.4 is 14.8 Å². The Hall–Kier alpha value is -2.61. The highest BCUT2D eigenvalue weighted by Crippen LogP contribution is 2.34. The van der Waals surface area contributed by atoms with Crippen LogP contribution in [0.4, 0.5) is 10.3 Å². The number of ether oxygens (including phenoxy) is 2. The number of benzene rings is 2. The fourth-order valence-corrected chi connectivity index (χ4v) is 2.80. The van der Waals surface area contributed by atoms with Crippen molar-refractivity contribution in [2.45, 2.75) is 20.1 Å². The molecule has 0 unspecified atom stereocenters. The van der Waals surface area contributed by atoms with Crippen molar-refractivity contribution in [1.29, 1.82) is 0 Å². The second kappa shape index (κ2) is 8.66. The third kappa shape index (κ3) is 4.51. The molecule has 0 saturated heterocycles. The van der Waals surface area contributed by atoms with E-state index < -0.39 is 0 Å². The van der Waals surface area contributed by atoms with Crippen molar-refractivity contribution in [3.63, 3.8) is 0 Å². The predicted molar refractivity (Wildman–Crippen MR) is 99.8 cm³/mol. The van der Waals surface area contributed by atoms with Gasteiger partial charge in [0.2, 0.25) is 5.95 Å². The minimum Gasteiger partial charge on any atom is -0.490 e. The molecule has 3 rings (SSSR count). The van der Waals surface area contributed by atoms with E-state index in [2.05, 4.69) is 36.4 Å². The highest BCUT2D eigenvalue weighted by Gasteiger charge is 2.12. The van der Waals surface area contributed by atoms with Gasteiger partial charge in [0, 0.05) is 16.6 Å². The van der Waals surface area contributed by atoms with E-state index in [0.717, 1.165) is 10.0 Å². The lowest BCUT2D eigenvalue weighted by atomic mass is 10.2. The zero-order valence-electron chi connectivity index (χ0n) is 14.1. The first-order chi connectivity index (χ1) is 12.7. The molecular weight excluding hydrogens is 403 g/mol. The average Bonchev–Trinajstić information content (AvgIpc) is 3.15. The maximum absolute atomic E-state index is 13.8. The maximum Gasteiger partial charge on any atom is 0.218 e. The molecule has 1 aromatic heterocycles. The van der Waals surface area contributed by atoms with E-state index in [1.165, 1.54) is 12.4 Å². The Kier molecular flexibility index (Phi) is 6.06. The number of nitrogens with zero attached hydrogens (tertiary/aromatic N) is 2. The average molecular weight is 421 g/mol. The molecule has 0 radical (unpaired) electrons. The van der Waals surface area contributed by atoms with Crippen molar-refractivity contribution in [3.8, 4) is 11.5 Å². The number of H-pyrrole nitrogens is 1. The van der Waals surface area contributed by atoms with Crippen molar-refractivity contribution >= 4 is 21.9 Å². The van der Waals surface area contributed by atoms with Crippen LogP contribution in [0.25, 0.3) is 0 Å². The van der Waals surface area contributed by atoms with E-state index in [-0.39, 0.29) is 12.4 Å². The van der Waals surface area contributed by atoms with Gasteiger partial charge in [-0.1, -0.05) is 34.1 Å². The summed E-state index contributed by atoms with van der Waals surface area (Å²) in [6.07, 6.45) is 1.43. The van der Waals surface area contributed by atoms with Crippen LogP contribution >= 0.6 is 15.9 Å². The van der Waals surface area contributed by atoms with E-state index in [4.69, 9.17) is 9.47 Å². The lowest BCUT2D eigenvalue weighted by Gasteiger charge is -2.15. The molecule has 136 valence electrons. The standard InChI is InChI=1S/C18H18BrFN4O2/c1-2-25-16-7-13(9-21-18-22-11-23-24-18)14(19)8-17(16)26-10-12-5-3-4-6-15(12)20/h3-8,11H,2,9-10H2,1H3,(H2,21,22,23,24). The van der Waals surface area contributed by atoms with Crippen LogP contribution in [0.5, 0.6) is 11.5 Å². The van der Waals surface area contributed by atoms with Gasteiger partial charge in [-0.05, 0) is 30.7 Å². The molecule has 2 N–H and O–H groups in total. The van der Waals surface area contributed by atoms with E-state index in [9.17, 15) is 4.39 Å². The first-order valence-corrected chi connectivity index (χ1v) is 8.87. The van der Waals surface area contributed by atoms with Gasteiger partial charge in [-0.25, -0.2) is 14.5 Å². The molecule has 6 nitrogen and oxygen atoms in total. The van der Waals surface area contributed by atoms with Gasteiger partial charge < -0.3 is 14.8 Å². The fraction of sp³-hybridized carbons (Fsp3) is 0.222. The second-order valence-electron chi connectivity index (χ2n) is 5.39. The molecule has 0 spiro atoms. The Morgan fingerprint density at radius 2 is 1.96 bits per heavy atom.